The lowest BCUT2D eigenvalue weighted by Crippen LogP contribution is -2.41. The number of rotatable bonds is 5. The number of carbonyl (C=O) groups excluding carboxylic acids is 1. The topological polar surface area (TPSA) is 70.5 Å². The van der Waals surface area contributed by atoms with E-state index in [-0.39, 0.29) is 11.6 Å². The molecule has 1 aromatic heterocycles. The summed E-state index contributed by atoms with van der Waals surface area (Å²) in [5, 5.41) is 8.82. The third-order valence-corrected chi connectivity index (χ3v) is 2.99. The molecule has 0 bridgehead atoms. The molecule has 1 N–H and O–H groups in total. The normalized spacial score (nSPS) is 12.8. The molecule has 8 heteroatoms. The number of nitrogens with zero attached hydrogens (tertiary/aromatic N) is 2. The first-order chi connectivity index (χ1) is 9.66. The van der Waals surface area contributed by atoms with E-state index in [0.29, 0.717) is 12.5 Å². The molecule has 0 radical (unpaired) electrons. The Bertz CT molecular complexity index is 514. The maximum atomic E-state index is 12.4. The van der Waals surface area contributed by atoms with Crippen LogP contribution in [-0.2, 0) is 11.0 Å². The molecular weight excluding hydrogens is 289 g/mol. The number of halogens is 3. The van der Waals surface area contributed by atoms with Crippen molar-refractivity contribution in [2.75, 3.05) is 6.54 Å². The van der Waals surface area contributed by atoms with Crippen LogP contribution in [0.5, 0.6) is 0 Å². The van der Waals surface area contributed by atoms with E-state index in [1.165, 1.54) is 0 Å². The smallest absolute Gasteiger partial charge is 0.433 e. The van der Waals surface area contributed by atoms with Crippen LogP contribution < -0.4 is 0 Å². The van der Waals surface area contributed by atoms with E-state index in [1.807, 2.05) is 0 Å². The van der Waals surface area contributed by atoms with Gasteiger partial charge in [-0.2, -0.15) is 13.2 Å². The molecule has 116 valence electrons. The summed E-state index contributed by atoms with van der Waals surface area (Å²) in [6, 6.07) is 1.34. The van der Waals surface area contributed by atoms with E-state index in [0.717, 1.165) is 17.2 Å². The van der Waals surface area contributed by atoms with Crippen LogP contribution in [0.4, 0.5) is 13.2 Å². The minimum atomic E-state index is -4.58. The second-order valence-corrected chi connectivity index (χ2v) is 4.51. The fraction of sp³-hybridized carbons (Fsp3) is 0.462. The predicted octanol–water partition coefficient (Wildman–Crippen LogP) is 2.43. The fourth-order valence-corrected chi connectivity index (χ4v) is 1.65. The van der Waals surface area contributed by atoms with E-state index in [1.54, 1.807) is 13.8 Å². The quantitative estimate of drug-likeness (QED) is 0.907. The molecule has 0 aromatic carbocycles. The van der Waals surface area contributed by atoms with E-state index in [2.05, 4.69) is 4.98 Å². The van der Waals surface area contributed by atoms with Crippen molar-refractivity contribution in [3.05, 3.63) is 29.6 Å². The molecule has 0 saturated carbocycles. The van der Waals surface area contributed by atoms with E-state index < -0.39 is 30.3 Å². The second kappa shape index (κ2) is 6.55. The molecular formula is C13H15F3N2O3. The fourth-order valence-electron chi connectivity index (χ4n) is 1.65. The Kier molecular flexibility index (Phi) is 5.28. The highest BCUT2D eigenvalue weighted by Crippen LogP contribution is 2.27. The van der Waals surface area contributed by atoms with Crippen molar-refractivity contribution in [1.82, 2.24) is 9.88 Å². The molecule has 0 aliphatic heterocycles. The summed E-state index contributed by atoms with van der Waals surface area (Å²) in [5.41, 5.74) is -1.18. The van der Waals surface area contributed by atoms with Crippen LogP contribution in [0, 0.1) is 0 Å². The summed E-state index contributed by atoms with van der Waals surface area (Å²) in [6.07, 6.45) is -3.26. The number of carbonyl (C=O) groups is 2. The Morgan fingerprint density at radius 1 is 1.38 bits per heavy atom. The number of hydrogen-bond donors (Lipinski definition) is 1. The van der Waals surface area contributed by atoms with Crippen molar-refractivity contribution in [1.29, 1.82) is 0 Å². The van der Waals surface area contributed by atoms with Crippen molar-refractivity contribution < 1.29 is 27.9 Å². The van der Waals surface area contributed by atoms with E-state index >= 15 is 0 Å². The van der Waals surface area contributed by atoms with Gasteiger partial charge in [0.1, 0.15) is 12.2 Å². The number of carboxylic acids is 1. The highest BCUT2D eigenvalue weighted by atomic mass is 19.4. The minimum absolute atomic E-state index is 0.0791. The molecule has 0 fully saturated rings. The number of alkyl halides is 3. The summed E-state index contributed by atoms with van der Waals surface area (Å²) in [5.74, 6) is -1.85. The zero-order chi connectivity index (χ0) is 16.2. The van der Waals surface area contributed by atoms with Gasteiger partial charge in [0.2, 0.25) is 0 Å². The molecule has 1 rings (SSSR count). The van der Waals surface area contributed by atoms with Gasteiger partial charge in [-0.05, 0) is 25.5 Å². The van der Waals surface area contributed by atoms with Gasteiger partial charge >= 0.3 is 12.1 Å². The minimum Gasteiger partial charge on any atom is -0.480 e. The second-order valence-electron chi connectivity index (χ2n) is 4.51. The Balaban J connectivity index is 3.01. The van der Waals surface area contributed by atoms with Gasteiger partial charge in [0.05, 0.1) is 5.56 Å². The molecule has 0 saturated heterocycles. The number of aromatic nitrogens is 1. The molecule has 1 amide bonds. The summed E-state index contributed by atoms with van der Waals surface area (Å²) in [4.78, 5) is 27.3. The summed E-state index contributed by atoms with van der Waals surface area (Å²) < 4.78 is 37.2. The van der Waals surface area contributed by atoms with Crippen molar-refractivity contribution in [3.8, 4) is 0 Å². The maximum absolute atomic E-state index is 12.4. The number of carboxylic acid groups (broad SMARTS) is 1. The molecule has 21 heavy (non-hydrogen) atoms. The van der Waals surface area contributed by atoms with Gasteiger partial charge in [0.15, 0.2) is 0 Å². The molecule has 1 unspecified atom stereocenters. The number of amides is 1. The Morgan fingerprint density at radius 2 is 2.00 bits per heavy atom. The van der Waals surface area contributed by atoms with Gasteiger partial charge in [-0.25, -0.2) is 0 Å². The third-order valence-electron chi connectivity index (χ3n) is 2.99. The Hall–Kier alpha value is -2.12. The van der Waals surface area contributed by atoms with Crippen molar-refractivity contribution in [2.45, 2.75) is 32.5 Å². The highest BCUT2D eigenvalue weighted by Gasteiger charge is 2.32. The van der Waals surface area contributed by atoms with Crippen LogP contribution in [0.25, 0.3) is 0 Å². The first kappa shape index (κ1) is 16.9. The largest absolute Gasteiger partial charge is 0.480 e. The van der Waals surface area contributed by atoms with Crippen LogP contribution in [0.15, 0.2) is 18.3 Å². The van der Waals surface area contributed by atoms with Crippen LogP contribution in [0.2, 0.25) is 0 Å². The first-order valence-corrected chi connectivity index (χ1v) is 6.22. The molecule has 0 spiro atoms. The van der Waals surface area contributed by atoms with Gasteiger partial charge < -0.3 is 10.0 Å². The lowest BCUT2D eigenvalue weighted by atomic mass is 10.1. The highest BCUT2D eigenvalue weighted by molar-refractivity contribution is 5.95. The van der Waals surface area contributed by atoms with Crippen LogP contribution in [0.3, 0.4) is 0 Å². The van der Waals surface area contributed by atoms with Gasteiger partial charge in [-0.1, -0.05) is 6.92 Å². The summed E-state index contributed by atoms with van der Waals surface area (Å²) in [7, 11) is 0. The van der Waals surface area contributed by atoms with Gasteiger partial charge in [0.25, 0.3) is 5.91 Å². The lowest BCUT2D eigenvalue weighted by molar-refractivity contribution is -0.141. The summed E-state index contributed by atoms with van der Waals surface area (Å²) in [6.45, 7) is 2.92. The van der Waals surface area contributed by atoms with E-state index in [4.69, 9.17) is 5.11 Å². The standard InChI is InChI=1S/C13H15F3N2O3/c1-3-8(2)18(7-11(19)20)12(21)9-4-5-10(17-6-9)13(14,15)16/h4-6,8H,3,7H2,1-2H3,(H,19,20). The summed E-state index contributed by atoms with van der Waals surface area (Å²) >= 11 is 0. The molecule has 1 atom stereocenters. The third kappa shape index (κ3) is 4.44. The molecule has 1 aromatic rings. The average Bonchev–Trinajstić information content (AvgIpc) is 2.42. The van der Waals surface area contributed by atoms with Crippen LogP contribution in [0.1, 0.15) is 36.3 Å². The first-order valence-electron chi connectivity index (χ1n) is 6.22. The zero-order valence-electron chi connectivity index (χ0n) is 11.5. The van der Waals surface area contributed by atoms with Crippen molar-refractivity contribution in [3.63, 3.8) is 0 Å². The molecule has 5 nitrogen and oxygen atoms in total. The van der Waals surface area contributed by atoms with Crippen LogP contribution >= 0.6 is 0 Å². The maximum Gasteiger partial charge on any atom is 0.433 e. The van der Waals surface area contributed by atoms with Gasteiger partial charge in [-0.3, -0.25) is 14.6 Å². The monoisotopic (exact) mass is 304 g/mol. The van der Waals surface area contributed by atoms with Crippen molar-refractivity contribution in [2.24, 2.45) is 0 Å². The van der Waals surface area contributed by atoms with Gasteiger partial charge in [0, 0.05) is 12.2 Å². The van der Waals surface area contributed by atoms with Gasteiger partial charge in [-0.15, -0.1) is 0 Å². The SMILES string of the molecule is CCC(C)N(CC(=O)O)C(=O)c1ccc(C(F)(F)F)nc1. The lowest BCUT2D eigenvalue weighted by Gasteiger charge is -2.26. The number of aliphatic carboxylic acids is 1. The van der Waals surface area contributed by atoms with Crippen molar-refractivity contribution >= 4 is 11.9 Å². The Morgan fingerprint density at radius 3 is 2.38 bits per heavy atom. The number of pyridine rings is 1. The van der Waals surface area contributed by atoms with E-state index in [9.17, 15) is 22.8 Å². The molecule has 0 aliphatic carbocycles. The Labute approximate surface area is 119 Å². The molecule has 1 heterocycles. The van der Waals surface area contributed by atoms with Crippen LogP contribution in [-0.4, -0.2) is 39.5 Å². The number of hydrogen-bond acceptors (Lipinski definition) is 3. The predicted molar refractivity (Wildman–Crippen MR) is 67.7 cm³/mol. The molecule has 0 aliphatic rings. The zero-order valence-corrected chi connectivity index (χ0v) is 11.5. The average molecular weight is 304 g/mol.